The summed E-state index contributed by atoms with van der Waals surface area (Å²) in [6, 6.07) is 95.2. The van der Waals surface area contributed by atoms with Gasteiger partial charge >= 0.3 is 0 Å². The third-order valence-electron chi connectivity index (χ3n) is 12.9. The molecule has 0 spiro atoms. The normalized spacial score (nSPS) is 11.3. The zero-order valence-electron chi connectivity index (χ0n) is 36.2. The van der Waals surface area contributed by atoms with Gasteiger partial charge in [0.15, 0.2) is 0 Å². The van der Waals surface area contributed by atoms with Gasteiger partial charge in [0.1, 0.15) is 0 Å². The van der Waals surface area contributed by atoms with Crippen LogP contribution in [-0.4, -0.2) is 0 Å². The highest BCUT2D eigenvalue weighted by molar-refractivity contribution is 7.25. The summed E-state index contributed by atoms with van der Waals surface area (Å²) in [6.07, 6.45) is 0. The Morgan fingerprint density at radius 3 is 1.41 bits per heavy atom. The minimum Gasteiger partial charge on any atom is -0.310 e. The minimum absolute atomic E-state index is 1.08. The number of hydrogen-bond donors (Lipinski definition) is 0. The summed E-state index contributed by atoms with van der Waals surface area (Å²) >= 11 is 1.86. The van der Waals surface area contributed by atoms with Crippen molar-refractivity contribution in [1.29, 1.82) is 0 Å². The fraction of sp³-hybridized carbons (Fsp3) is 0. The molecular weight excluding hydrogens is 815 g/mol. The second kappa shape index (κ2) is 17.0. The van der Waals surface area contributed by atoms with Crippen molar-refractivity contribution >= 4 is 59.3 Å². The van der Waals surface area contributed by atoms with Crippen LogP contribution in [-0.2, 0) is 0 Å². The Morgan fingerprint density at radius 1 is 0.258 bits per heavy atom. The van der Waals surface area contributed by atoms with Gasteiger partial charge in [-0.1, -0.05) is 212 Å². The summed E-state index contributed by atoms with van der Waals surface area (Å²) in [5, 5.41) is 5.14. The lowest BCUT2D eigenvalue weighted by Crippen LogP contribution is -2.12. The Hall–Kier alpha value is -8.30. The van der Waals surface area contributed by atoms with Gasteiger partial charge in [-0.05, 0) is 121 Å². The summed E-state index contributed by atoms with van der Waals surface area (Å²) < 4.78 is 2.63. The molecule has 0 aliphatic rings. The number of anilines is 3. The largest absolute Gasteiger partial charge is 0.310 e. The lowest BCUT2D eigenvalue weighted by molar-refractivity contribution is 1.28. The fourth-order valence-electron chi connectivity index (χ4n) is 9.60. The molecule has 12 rings (SSSR count). The van der Waals surface area contributed by atoms with Crippen LogP contribution in [0.25, 0.3) is 97.7 Å². The molecule has 0 saturated carbocycles. The number of rotatable bonds is 9. The molecule has 66 heavy (non-hydrogen) atoms. The zero-order valence-corrected chi connectivity index (χ0v) is 37.0. The second-order valence-corrected chi connectivity index (χ2v) is 17.9. The molecule has 310 valence electrons. The van der Waals surface area contributed by atoms with Gasteiger partial charge in [-0.2, -0.15) is 0 Å². The summed E-state index contributed by atoms with van der Waals surface area (Å²) in [5.41, 5.74) is 17.5. The van der Waals surface area contributed by atoms with E-state index >= 15 is 0 Å². The van der Waals surface area contributed by atoms with E-state index in [0.29, 0.717) is 0 Å². The van der Waals surface area contributed by atoms with Crippen LogP contribution in [0.15, 0.2) is 261 Å². The quantitative estimate of drug-likeness (QED) is 0.140. The summed E-state index contributed by atoms with van der Waals surface area (Å²) in [4.78, 5) is 2.44. The van der Waals surface area contributed by atoms with Crippen LogP contribution in [0, 0.1) is 0 Å². The number of hydrogen-bond acceptors (Lipinski definition) is 2. The third-order valence-corrected chi connectivity index (χ3v) is 14.0. The number of nitrogens with zero attached hydrogens (tertiary/aromatic N) is 1. The van der Waals surface area contributed by atoms with Gasteiger partial charge in [0.25, 0.3) is 0 Å². The highest BCUT2D eigenvalue weighted by Crippen LogP contribution is 2.48. The molecular formula is C64H43NS. The molecule has 1 aromatic heterocycles. The van der Waals surface area contributed by atoms with E-state index < -0.39 is 0 Å². The van der Waals surface area contributed by atoms with E-state index in [0.717, 1.165) is 17.1 Å². The molecule has 0 N–H and O–H groups in total. The molecule has 2 heteroatoms. The summed E-state index contributed by atoms with van der Waals surface area (Å²) in [5.74, 6) is 0. The maximum Gasteiger partial charge on any atom is 0.0546 e. The van der Waals surface area contributed by atoms with Crippen molar-refractivity contribution in [2.24, 2.45) is 0 Å². The highest BCUT2D eigenvalue weighted by atomic mass is 32.1. The zero-order chi connectivity index (χ0) is 43.8. The van der Waals surface area contributed by atoms with Gasteiger partial charge in [0.05, 0.1) is 5.69 Å². The van der Waals surface area contributed by atoms with Gasteiger partial charge in [0.2, 0.25) is 0 Å². The van der Waals surface area contributed by atoms with E-state index in [1.54, 1.807) is 0 Å². The van der Waals surface area contributed by atoms with Crippen LogP contribution in [0.4, 0.5) is 17.1 Å². The lowest BCUT2D eigenvalue weighted by Gasteiger charge is -2.30. The molecule has 1 nitrogen and oxygen atoms in total. The summed E-state index contributed by atoms with van der Waals surface area (Å²) in [7, 11) is 0. The van der Waals surface area contributed by atoms with E-state index in [1.807, 2.05) is 11.3 Å². The van der Waals surface area contributed by atoms with E-state index in [9.17, 15) is 0 Å². The lowest BCUT2D eigenvalue weighted by atomic mass is 9.87. The minimum atomic E-state index is 1.08. The Morgan fingerprint density at radius 2 is 0.727 bits per heavy atom. The van der Waals surface area contributed by atoms with Gasteiger partial charge < -0.3 is 4.90 Å². The average molecular weight is 858 g/mol. The number of thiophene rings is 1. The highest BCUT2D eigenvalue weighted by Gasteiger charge is 2.23. The molecule has 12 aromatic rings. The maximum atomic E-state index is 2.44. The van der Waals surface area contributed by atoms with Crippen LogP contribution in [0.3, 0.4) is 0 Å². The molecule has 0 aliphatic heterocycles. The smallest absolute Gasteiger partial charge is 0.0546 e. The topological polar surface area (TPSA) is 3.24 Å². The van der Waals surface area contributed by atoms with E-state index in [2.05, 4.69) is 266 Å². The van der Waals surface area contributed by atoms with Crippen LogP contribution >= 0.6 is 11.3 Å². The molecule has 0 unspecified atom stereocenters. The molecule has 0 bridgehead atoms. The summed E-state index contributed by atoms with van der Waals surface area (Å²) in [6.45, 7) is 0. The van der Waals surface area contributed by atoms with Crippen molar-refractivity contribution in [2.45, 2.75) is 0 Å². The maximum absolute atomic E-state index is 2.44. The number of benzene rings is 11. The SMILES string of the molecule is c1ccc(-c2ccccc2-c2c(-c3ccccc3)cccc2N(c2ccc(-c3ccc(-c4ccc5ccccc5c4)cc3)cc2)c2ccc(-c3ccc4c(c3)sc3ccccc34)cc2)cc1. The Balaban J connectivity index is 0.987. The molecule has 0 atom stereocenters. The van der Waals surface area contributed by atoms with Crippen molar-refractivity contribution in [3.8, 4) is 66.8 Å². The fourth-order valence-corrected chi connectivity index (χ4v) is 10.7. The van der Waals surface area contributed by atoms with Crippen molar-refractivity contribution in [3.63, 3.8) is 0 Å². The molecule has 11 aromatic carbocycles. The predicted octanol–water partition coefficient (Wildman–Crippen LogP) is 18.7. The predicted molar refractivity (Wildman–Crippen MR) is 284 cm³/mol. The van der Waals surface area contributed by atoms with Crippen molar-refractivity contribution in [3.05, 3.63) is 261 Å². The van der Waals surface area contributed by atoms with Gasteiger partial charge in [-0.25, -0.2) is 0 Å². The first-order valence-electron chi connectivity index (χ1n) is 22.6. The van der Waals surface area contributed by atoms with E-state index in [1.165, 1.54) is 97.7 Å². The van der Waals surface area contributed by atoms with Crippen LogP contribution in [0.1, 0.15) is 0 Å². The molecule has 0 aliphatic carbocycles. The Bertz CT molecular complexity index is 3660. The Kier molecular flexibility index (Phi) is 10.1. The van der Waals surface area contributed by atoms with Crippen LogP contribution in [0.2, 0.25) is 0 Å². The van der Waals surface area contributed by atoms with Crippen LogP contribution in [0.5, 0.6) is 0 Å². The second-order valence-electron chi connectivity index (χ2n) is 16.9. The first-order valence-corrected chi connectivity index (χ1v) is 23.4. The molecule has 0 radical (unpaired) electrons. The average Bonchev–Trinajstić information content (AvgIpc) is 3.78. The Labute approximate surface area is 389 Å². The van der Waals surface area contributed by atoms with E-state index in [-0.39, 0.29) is 0 Å². The van der Waals surface area contributed by atoms with Gasteiger partial charge in [-0.15, -0.1) is 11.3 Å². The van der Waals surface area contributed by atoms with E-state index in [4.69, 9.17) is 0 Å². The van der Waals surface area contributed by atoms with Crippen LogP contribution < -0.4 is 4.90 Å². The first kappa shape index (κ1) is 39.3. The van der Waals surface area contributed by atoms with Crippen molar-refractivity contribution in [1.82, 2.24) is 0 Å². The van der Waals surface area contributed by atoms with Crippen molar-refractivity contribution < 1.29 is 0 Å². The van der Waals surface area contributed by atoms with Gasteiger partial charge in [0, 0.05) is 37.1 Å². The van der Waals surface area contributed by atoms with Crippen molar-refractivity contribution in [2.75, 3.05) is 4.90 Å². The number of fused-ring (bicyclic) bond motifs is 4. The molecule has 0 fully saturated rings. The monoisotopic (exact) mass is 857 g/mol. The molecule has 0 saturated heterocycles. The third kappa shape index (κ3) is 7.34. The molecule has 1 heterocycles. The molecule has 0 amide bonds. The standard InChI is InChI=1S/C64H43NS/c1-3-15-49(16-4-1)56-20-9-10-22-60(56)64-57(50-17-5-2-6-18-50)23-13-24-61(64)65(55-39-34-48(35-40-55)53-36-41-59-58-21-11-12-25-62(58)66-63(59)43-53)54-37-32-46(33-38-54)45-26-28-47(29-27-45)52-31-30-44-14-7-8-19-51(44)42-52/h1-43H. The first-order chi connectivity index (χ1) is 32.7. The van der Waals surface area contributed by atoms with Gasteiger partial charge in [-0.3, -0.25) is 0 Å².